The Kier molecular flexibility index (Phi) is 5.52. The summed E-state index contributed by atoms with van der Waals surface area (Å²) in [5.74, 6) is -0.152. The molecule has 0 radical (unpaired) electrons. The number of rotatable bonds is 5. The number of aromatic nitrogens is 1. The van der Waals surface area contributed by atoms with Gasteiger partial charge in [-0.15, -0.1) is 11.3 Å². The maximum atomic E-state index is 12.7. The Bertz CT molecular complexity index is 1430. The largest absolute Gasteiger partial charge is 0.454 e. The van der Waals surface area contributed by atoms with E-state index >= 15 is 0 Å². The number of nitrogens with one attached hydrogen (secondary N) is 2. The highest BCUT2D eigenvalue weighted by Crippen LogP contribution is 2.36. The highest BCUT2D eigenvalue weighted by molar-refractivity contribution is 7.15. The third kappa shape index (κ3) is 4.24. The number of nitrogens with two attached hydrogens (primary N) is 1. The van der Waals surface area contributed by atoms with E-state index in [0.717, 1.165) is 15.4 Å². The minimum Gasteiger partial charge on any atom is -0.454 e. The molecule has 9 heteroatoms. The van der Waals surface area contributed by atoms with Gasteiger partial charge in [-0.25, -0.2) is 4.98 Å². The van der Waals surface area contributed by atoms with Crippen molar-refractivity contribution in [2.75, 3.05) is 5.32 Å². The lowest BCUT2D eigenvalue weighted by Gasteiger charge is -2.10. The maximum absolute atomic E-state index is 12.7. The zero-order valence-corrected chi connectivity index (χ0v) is 18.5. The number of nitrogens with zero attached hydrogens (tertiary/aromatic N) is 1. The molecule has 4 aromatic rings. The van der Waals surface area contributed by atoms with Crippen LogP contribution in [0.15, 0.2) is 72.9 Å². The number of fused-ring (bicyclic) bond motifs is 2. The van der Waals surface area contributed by atoms with E-state index in [-0.39, 0.29) is 11.8 Å². The Balaban J connectivity index is 1.27. The molecule has 1 aromatic heterocycles. The van der Waals surface area contributed by atoms with Crippen LogP contribution in [0.25, 0.3) is 10.6 Å². The molecule has 0 spiro atoms. The zero-order valence-electron chi connectivity index (χ0n) is 17.7. The molecule has 4 N–H and O–H groups in total. The van der Waals surface area contributed by atoms with E-state index in [2.05, 4.69) is 15.6 Å². The first kappa shape index (κ1) is 21.4. The number of benzene rings is 3. The first-order valence-electron chi connectivity index (χ1n) is 10.3. The van der Waals surface area contributed by atoms with Crippen molar-refractivity contribution in [1.82, 2.24) is 10.3 Å². The van der Waals surface area contributed by atoms with E-state index in [1.54, 1.807) is 72.9 Å². The lowest BCUT2D eigenvalue weighted by molar-refractivity contribution is 0.0949. The van der Waals surface area contributed by atoms with Crippen LogP contribution in [0.4, 0.5) is 5.69 Å². The van der Waals surface area contributed by atoms with Crippen LogP contribution in [-0.4, -0.2) is 22.7 Å². The van der Waals surface area contributed by atoms with E-state index in [1.165, 1.54) is 11.3 Å². The first-order valence-corrected chi connectivity index (χ1v) is 11.1. The van der Waals surface area contributed by atoms with Crippen LogP contribution in [-0.2, 0) is 6.54 Å². The molecule has 0 saturated heterocycles. The minimum atomic E-state index is -0.484. The summed E-state index contributed by atoms with van der Waals surface area (Å²) in [6, 6.07) is 18.7. The molecule has 2 heterocycles. The fourth-order valence-corrected chi connectivity index (χ4v) is 4.34. The summed E-state index contributed by atoms with van der Waals surface area (Å²) in [4.78, 5) is 41.7. The van der Waals surface area contributed by atoms with E-state index < -0.39 is 5.91 Å². The van der Waals surface area contributed by atoms with Gasteiger partial charge in [-0.05, 0) is 42.5 Å². The Morgan fingerprint density at radius 3 is 2.56 bits per heavy atom. The summed E-state index contributed by atoms with van der Waals surface area (Å²) in [5.41, 5.74) is 7.80. The van der Waals surface area contributed by atoms with Crippen molar-refractivity contribution in [2.45, 2.75) is 6.54 Å². The molecule has 1 aliphatic rings. The van der Waals surface area contributed by atoms with Gasteiger partial charge < -0.3 is 21.1 Å². The van der Waals surface area contributed by atoms with Gasteiger partial charge in [0.1, 0.15) is 10.8 Å². The molecule has 8 nitrogen and oxygen atoms in total. The highest BCUT2D eigenvalue weighted by Gasteiger charge is 2.21. The number of hydrogen-bond donors (Lipinski definition) is 3. The van der Waals surface area contributed by atoms with Crippen molar-refractivity contribution in [1.29, 1.82) is 0 Å². The number of para-hydroxylation sites is 1. The van der Waals surface area contributed by atoms with Crippen molar-refractivity contribution >= 4 is 34.7 Å². The van der Waals surface area contributed by atoms with Gasteiger partial charge in [0.15, 0.2) is 5.75 Å². The van der Waals surface area contributed by atoms with Crippen molar-refractivity contribution in [3.8, 4) is 22.1 Å². The number of carbonyl (C=O) groups excluding carboxylic acids is 3. The van der Waals surface area contributed by atoms with Gasteiger partial charge in [-0.3, -0.25) is 14.4 Å². The average molecular weight is 471 g/mol. The topological polar surface area (TPSA) is 123 Å². The number of anilines is 1. The second kappa shape index (κ2) is 8.80. The monoisotopic (exact) mass is 470 g/mol. The van der Waals surface area contributed by atoms with Crippen LogP contribution in [0, 0.1) is 0 Å². The van der Waals surface area contributed by atoms with Crippen LogP contribution < -0.4 is 21.1 Å². The number of carbonyl (C=O) groups is 3. The summed E-state index contributed by atoms with van der Waals surface area (Å²) in [6.45, 7) is 0.293. The molecular weight excluding hydrogens is 452 g/mol. The molecular formula is C25H18N4O4S. The second-order valence-corrected chi connectivity index (χ2v) is 8.63. The van der Waals surface area contributed by atoms with Crippen molar-refractivity contribution < 1.29 is 19.1 Å². The summed E-state index contributed by atoms with van der Waals surface area (Å²) in [6.07, 6.45) is 1.70. The lowest BCUT2D eigenvalue weighted by Crippen LogP contribution is -2.22. The van der Waals surface area contributed by atoms with Crippen molar-refractivity contribution in [2.24, 2.45) is 5.73 Å². The van der Waals surface area contributed by atoms with Crippen LogP contribution in [0.2, 0.25) is 0 Å². The van der Waals surface area contributed by atoms with Gasteiger partial charge in [0.2, 0.25) is 5.91 Å². The standard InChI is InChI=1S/C25H18N4O4S/c26-22(30)14-5-7-15(8-6-14)25-28-13-17(34-25)12-27-23(31)16-9-10-21-19(11-16)29-24(32)18-3-1-2-4-20(18)33-21/h1-11,13H,12H2,(H2,26,30)(H,27,31)(H,29,32). The average Bonchev–Trinajstić information content (AvgIpc) is 3.27. The zero-order chi connectivity index (χ0) is 23.7. The molecule has 1 aliphatic heterocycles. The predicted molar refractivity (Wildman–Crippen MR) is 128 cm³/mol. The SMILES string of the molecule is NC(=O)c1ccc(-c2ncc(CNC(=O)c3ccc4c(c3)NC(=O)c3ccccc3O4)s2)cc1. The minimum absolute atomic E-state index is 0.292. The number of thiazole rings is 1. The molecule has 34 heavy (non-hydrogen) atoms. The fraction of sp³-hybridized carbons (Fsp3) is 0.0400. The highest BCUT2D eigenvalue weighted by atomic mass is 32.1. The van der Waals surface area contributed by atoms with Crippen LogP contribution in [0.5, 0.6) is 11.5 Å². The maximum Gasteiger partial charge on any atom is 0.259 e. The molecule has 0 bridgehead atoms. The number of ether oxygens (including phenoxy) is 1. The normalized spacial score (nSPS) is 11.9. The molecule has 168 valence electrons. The van der Waals surface area contributed by atoms with Crippen molar-refractivity contribution in [3.63, 3.8) is 0 Å². The molecule has 3 amide bonds. The predicted octanol–water partition coefficient (Wildman–Crippen LogP) is 4.20. The number of amides is 3. The number of hydrogen-bond acceptors (Lipinski definition) is 6. The summed E-state index contributed by atoms with van der Waals surface area (Å²) in [7, 11) is 0. The van der Waals surface area contributed by atoms with Crippen LogP contribution in [0.3, 0.4) is 0 Å². The smallest absolute Gasteiger partial charge is 0.259 e. The second-order valence-electron chi connectivity index (χ2n) is 7.52. The summed E-state index contributed by atoms with van der Waals surface area (Å²) >= 11 is 1.44. The quantitative estimate of drug-likeness (QED) is 0.403. The number of primary amides is 1. The third-order valence-corrected chi connectivity index (χ3v) is 6.28. The van der Waals surface area contributed by atoms with Gasteiger partial charge >= 0.3 is 0 Å². The Morgan fingerprint density at radius 1 is 1.00 bits per heavy atom. The van der Waals surface area contributed by atoms with Crippen LogP contribution in [0.1, 0.15) is 36.0 Å². The van der Waals surface area contributed by atoms with Gasteiger partial charge in [0.05, 0.1) is 17.8 Å². The van der Waals surface area contributed by atoms with Crippen molar-refractivity contribution in [3.05, 3.63) is 94.5 Å². The molecule has 0 unspecified atom stereocenters. The van der Waals surface area contributed by atoms with Gasteiger partial charge in [0, 0.05) is 27.8 Å². The van der Waals surface area contributed by atoms with Gasteiger partial charge in [-0.2, -0.15) is 0 Å². The van der Waals surface area contributed by atoms with E-state index in [4.69, 9.17) is 10.5 Å². The molecule has 3 aromatic carbocycles. The Morgan fingerprint density at radius 2 is 1.76 bits per heavy atom. The Hall–Kier alpha value is -4.50. The first-order chi connectivity index (χ1) is 16.5. The third-order valence-electron chi connectivity index (χ3n) is 5.23. The molecule has 0 fully saturated rings. The van der Waals surface area contributed by atoms with E-state index in [1.807, 2.05) is 0 Å². The van der Waals surface area contributed by atoms with E-state index in [0.29, 0.717) is 40.4 Å². The van der Waals surface area contributed by atoms with Gasteiger partial charge in [-0.1, -0.05) is 24.3 Å². The van der Waals surface area contributed by atoms with Crippen LogP contribution >= 0.6 is 11.3 Å². The summed E-state index contributed by atoms with van der Waals surface area (Å²) < 4.78 is 5.85. The lowest BCUT2D eigenvalue weighted by atomic mass is 10.1. The summed E-state index contributed by atoms with van der Waals surface area (Å²) in [5, 5.41) is 6.44. The van der Waals surface area contributed by atoms with Gasteiger partial charge in [0.25, 0.3) is 11.8 Å². The molecule has 0 aliphatic carbocycles. The molecule has 0 saturated carbocycles. The fourth-order valence-electron chi connectivity index (χ4n) is 3.48. The molecule has 0 atom stereocenters. The van der Waals surface area contributed by atoms with E-state index in [9.17, 15) is 14.4 Å². The molecule has 5 rings (SSSR count). The Labute approximate surface area is 198 Å².